The topological polar surface area (TPSA) is 58.1 Å². The maximum absolute atomic E-state index is 12.4. The summed E-state index contributed by atoms with van der Waals surface area (Å²) in [6.45, 7) is 13.2. The average molecular weight is 320 g/mol. The zero-order chi connectivity index (χ0) is 16.5. The van der Waals surface area contributed by atoms with Crippen LogP contribution in [0.5, 0.6) is 0 Å². The van der Waals surface area contributed by atoms with Gasteiger partial charge in [-0.1, -0.05) is 0 Å². The number of rotatable bonds is 4. The van der Waals surface area contributed by atoms with Gasteiger partial charge in [-0.2, -0.15) is 0 Å². The van der Waals surface area contributed by atoms with Crippen LogP contribution in [0, 0.1) is 13.8 Å². The molecule has 22 heavy (non-hydrogen) atoms. The van der Waals surface area contributed by atoms with Crippen molar-refractivity contribution in [3.8, 4) is 0 Å². The van der Waals surface area contributed by atoms with Crippen molar-refractivity contribution in [1.29, 1.82) is 0 Å². The number of nitrogens with zero attached hydrogens (tertiary/aromatic N) is 3. The summed E-state index contributed by atoms with van der Waals surface area (Å²) in [5.74, 6) is 0.816. The van der Waals surface area contributed by atoms with Gasteiger partial charge in [-0.05, 0) is 47.1 Å². The molecule has 0 spiro atoms. The lowest BCUT2D eigenvalue weighted by Crippen LogP contribution is -2.47. The van der Waals surface area contributed by atoms with Gasteiger partial charge >= 0.3 is 0 Å². The first kappa shape index (κ1) is 16.7. The maximum atomic E-state index is 12.4. The van der Waals surface area contributed by atoms with E-state index in [-0.39, 0.29) is 18.0 Å². The van der Waals surface area contributed by atoms with E-state index in [0.717, 1.165) is 16.0 Å². The Kier molecular flexibility index (Phi) is 4.70. The zero-order valence-corrected chi connectivity index (χ0v) is 15.0. The van der Waals surface area contributed by atoms with Crippen molar-refractivity contribution in [1.82, 2.24) is 14.9 Å². The molecule has 0 bridgehead atoms. The van der Waals surface area contributed by atoms with E-state index in [2.05, 4.69) is 29.1 Å². The lowest BCUT2D eigenvalue weighted by Gasteiger charge is -2.35. The van der Waals surface area contributed by atoms with E-state index in [9.17, 15) is 4.79 Å². The molecule has 5 nitrogen and oxygen atoms in total. The first-order valence-corrected chi connectivity index (χ1v) is 8.32. The molecule has 1 amide bonds. The Morgan fingerprint density at radius 3 is 2.59 bits per heavy atom. The van der Waals surface area contributed by atoms with E-state index >= 15 is 0 Å². The van der Waals surface area contributed by atoms with Crippen LogP contribution in [-0.2, 0) is 4.79 Å². The summed E-state index contributed by atoms with van der Waals surface area (Å²) in [5.41, 5.74) is 1.00. The molecule has 120 valence electrons. The molecule has 0 unspecified atom stereocenters. The quantitative estimate of drug-likeness (QED) is 0.938. The number of fused-ring (bicyclic) bond motifs is 1. The molecule has 2 aromatic rings. The monoisotopic (exact) mass is 320 g/mol. The summed E-state index contributed by atoms with van der Waals surface area (Å²) in [4.78, 5) is 25.1. The molecule has 0 saturated carbocycles. The summed E-state index contributed by atoms with van der Waals surface area (Å²) in [6.07, 6.45) is 1.55. The molecule has 2 aromatic heterocycles. The van der Waals surface area contributed by atoms with Crippen molar-refractivity contribution in [2.45, 2.75) is 47.1 Å². The highest BCUT2D eigenvalue weighted by atomic mass is 32.1. The molecule has 0 fully saturated rings. The number of amides is 1. The minimum absolute atomic E-state index is 0.0753. The number of aryl methyl sites for hydroxylation is 2. The molecule has 2 heterocycles. The number of thiophene rings is 1. The number of aromatic nitrogens is 2. The van der Waals surface area contributed by atoms with Gasteiger partial charge in [0, 0.05) is 17.0 Å². The second-order valence-electron chi connectivity index (χ2n) is 6.35. The van der Waals surface area contributed by atoms with Gasteiger partial charge in [0.15, 0.2) is 0 Å². The summed E-state index contributed by atoms with van der Waals surface area (Å²) in [5, 5.41) is 4.22. The highest BCUT2D eigenvalue weighted by Gasteiger charge is 2.24. The average Bonchev–Trinajstić information content (AvgIpc) is 2.71. The Balaban J connectivity index is 2.20. The SMILES string of the molecule is CCN(C(=O)CNc1ncnc2sc(C)c(C)c12)C(C)(C)C. The molecule has 0 aromatic carbocycles. The van der Waals surface area contributed by atoms with Crippen LogP contribution in [0.4, 0.5) is 5.82 Å². The van der Waals surface area contributed by atoms with Crippen LogP contribution in [0.15, 0.2) is 6.33 Å². The highest BCUT2D eigenvalue weighted by molar-refractivity contribution is 7.18. The molecule has 6 heteroatoms. The number of hydrogen-bond donors (Lipinski definition) is 1. The molecule has 0 radical (unpaired) electrons. The smallest absolute Gasteiger partial charge is 0.242 e. The lowest BCUT2D eigenvalue weighted by atomic mass is 10.1. The normalized spacial score (nSPS) is 11.7. The zero-order valence-electron chi connectivity index (χ0n) is 14.1. The molecule has 2 rings (SSSR count). The van der Waals surface area contributed by atoms with Crippen LogP contribution in [0.25, 0.3) is 10.2 Å². The van der Waals surface area contributed by atoms with Gasteiger partial charge < -0.3 is 10.2 Å². The molecule has 0 saturated heterocycles. The van der Waals surface area contributed by atoms with Crippen LogP contribution >= 0.6 is 11.3 Å². The fraction of sp³-hybridized carbons (Fsp3) is 0.562. The second kappa shape index (κ2) is 6.20. The molecular weight excluding hydrogens is 296 g/mol. The number of likely N-dealkylation sites (N-methyl/N-ethyl adjacent to an activating group) is 1. The van der Waals surface area contributed by atoms with Gasteiger partial charge in [0.2, 0.25) is 5.91 Å². The van der Waals surface area contributed by atoms with E-state index in [1.165, 1.54) is 10.4 Å². The molecule has 0 aliphatic carbocycles. The minimum atomic E-state index is -0.177. The Morgan fingerprint density at radius 1 is 1.32 bits per heavy atom. The second-order valence-corrected chi connectivity index (χ2v) is 7.55. The van der Waals surface area contributed by atoms with E-state index in [4.69, 9.17) is 0 Å². The van der Waals surface area contributed by atoms with E-state index in [1.807, 2.05) is 32.6 Å². The first-order chi connectivity index (χ1) is 10.3. The van der Waals surface area contributed by atoms with Crippen molar-refractivity contribution >= 4 is 33.3 Å². The number of hydrogen-bond acceptors (Lipinski definition) is 5. The largest absolute Gasteiger partial charge is 0.360 e. The predicted molar refractivity (Wildman–Crippen MR) is 92.5 cm³/mol. The number of carbonyl (C=O) groups excluding carboxylic acids is 1. The van der Waals surface area contributed by atoms with E-state index in [0.29, 0.717) is 6.54 Å². The first-order valence-electron chi connectivity index (χ1n) is 7.50. The number of anilines is 1. The summed E-state index contributed by atoms with van der Waals surface area (Å²) >= 11 is 1.66. The summed E-state index contributed by atoms with van der Waals surface area (Å²) < 4.78 is 0. The maximum Gasteiger partial charge on any atom is 0.242 e. The fourth-order valence-electron chi connectivity index (χ4n) is 2.60. The molecule has 1 N–H and O–H groups in total. The van der Waals surface area contributed by atoms with Crippen molar-refractivity contribution in [3.05, 3.63) is 16.8 Å². The van der Waals surface area contributed by atoms with Gasteiger partial charge in [-0.25, -0.2) is 9.97 Å². The van der Waals surface area contributed by atoms with Crippen molar-refractivity contribution < 1.29 is 4.79 Å². The Bertz CT molecular complexity index is 687. The molecule has 0 atom stereocenters. The van der Waals surface area contributed by atoms with Crippen LogP contribution in [0.2, 0.25) is 0 Å². The van der Waals surface area contributed by atoms with E-state index < -0.39 is 0 Å². The summed E-state index contributed by atoms with van der Waals surface area (Å²) in [6, 6.07) is 0. The lowest BCUT2D eigenvalue weighted by molar-refractivity contribution is -0.133. The standard InChI is InChI=1S/C16H24N4OS/c1-7-20(16(4,5)6)12(21)8-17-14-13-10(2)11(3)22-15(13)19-9-18-14/h9H,7-8H2,1-6H3,(H,17,18,19). The van der Waals surface area contributed by atoms with Gasteiger partial charge in [0.05, 0.1) is 11.9 Å². The molecular formula is C16H24N4OS. The predicted octanol–water partition coefficient (Wildman–Crippen LogP) is 3.37. The van der Waals surface area contributed by atoms with Gasteiger partial charge in [0.25, 0.3) is 0 Å². The summed E-state index contributed by atoms with van der Waals surface area (Å²) in [7, 11) is 0. The Labute approximate surface area is 135 Å². The van der Waals surface area contributed by atoms with Crippen LogP contribution < -0.4 is 5.32 Å². The van der Waals surface area contributed by atoms with Crippen LogP contribution in [0.1, 0.15) is 38.1 Å². The van der Waals surface area contributed by atoms with Crippen LogP contribution in [0.3, 0.4) is 0 Å². The molecule has 0 aliphatic heterocycles. The highest BCUT2D eigenvalue weighted by Crippen LogP contribution is 2.32. The number of nitrogens with one attached hydrogen (secondary N) is 1. The third kappa shape index (κ3) is 3.21. The van der Waals surface area contributed by atoms with Crippen molar-refractivity contribution in [3.63, 3.8) is 0 Å². The van der Waals surface area contributed by atoms with Crippen molar-refractivity contribution in [2.24, 2.45) is 0 Å². The fourth-order valence-corrected chi connectivity index (χ4v) is 3.59. The third-order valence-corrected chi connectivity index (χ3v) is 4.91. The van der Waals surface area contributed by atoms with Crippen molar-refractivity contribution in [2.75, 3.05) is 18.4 Å². The van der Waals surface area contributed by atoms with Crippen LogP contribution in [-0.4, -0.2) is 39.4 Å². The van der Waals surface area contributed by atoms with Gasteiger partial charge in [-0.15, -0.1) is 11.3 Å². The minimum Gasteiger partial charge on any atom is -0.360 e. The third-order valence-electron chi connectivity index (χ3n) is 3.80. The Hall–Kier alpha value is -1.69. The van der Waals surface area contributed by atoms with Gasteiger partial charge in [-0.3, -0.25) is 4.79 Å². The Morgan fingerprint density at radius 2 is 2.00 bits per heavy atom. The van der Waals surface area contributed by atoms with E-state index in [1.54, 1.807) is 17.7 Å². The van der Waals surface area contributed by atoms with Gasteiger partial charge in [0.1, 0.15) is 17.0 Å². The number of carbonyl (C=O) groups is 1. The molecule has 0 aliphatic rings.